The molecule has 1 radical (unpaired) electrons. The van der Waals surface area contributed by atoms with Gasteiger partial charge in [-0.05, 0) is 152 Å². The lowest BCUT2D eigenvalue weighted by Crippen LogP contribution is -2.42. The molecule has 1 aromatic carbocycles. The van der Waals surface area contributed by atoms with Gasteiger partial charge in [0.05, 0.1) is 0 Å². The molecule has 0 bridgehead atoms. The zero-order valence-electron chi connectivity index (χ0n) is 40.6. The SMILES string of the molecule is C/C=C\C=C/C/C=C/C1C(/C=C/Nc2cccc(N(C/C=C\C3=C(C)C(C)(C)CCC3C)c3oc4c(c3[B]C3=CCCC=C3)C(C)(C)CCC4(C)C)c2)C(C)(C)CCC1(C)C. The molecule has 3 nitrogen and oxygen atoms in total. The second kappa shape index (κ2) is 18.8. The Bertz CT molecular complexity index is 2100. The number of allylic oxidation sites excluding steroid dienone is 14. The zero-order valence-corrected chi connectivity index (χ0v) is 40.6. The second-order valence-electron chi connectivity index (χ2n) is 22.2. The molecule has 1 heterocycles. The minimum Gasteiger partial charge on any atom is -0.445 e. The van der Waals surface area contributed by atoms with Crippen LogP contribution < -0.4 is 15.7 Å². The first-order valence-corrected chi connectivity index (χ1v) is 23.8. The largest absolute Gasteiger partial charge is 0.445 e. The highest BCUT2D eigenvalue weighted by atomic mass is 16.4. The Morgan fingerprint density at radius 1 is 0.820 bits per heavy atom. The third kappa shape index (κ3) is 10.7. The number of furan rings is 1. The first-order chi connectivity index (χ1) is 28.8. The maximum Gasteiger partial charge on any atom is 0.198 e. The van der Waals surface area contributed by atoms with Crippen LogP contribution in [0.3, 0.4) is 0 Å². The molecule has 4 heteroatoms. The van der Waals surface area contributed by atoms with E-state index >= 15 is 0 Å². The van der Waals surface area contributed by atoms with E-state index in [1.54, 1.807) is 0 Å². The summed E-state index contributed by atoms with van der Waals surface area (Å²) in [5.41, 5.74) is 9.70. The minimum absolute atomic E-state index is 0.00424. The monoisotopic (exact) mass is 820 g/mol. The molecule has 0 aliphatic heterocycles. The zero-order chi connectivity index (χ0) is 44.2. The van der Waals surface area contributed by atoms with Gasteiger partial charge in [-0.1, -0.05) is 166 Å². The van der Waals surface area contributed by atoms with Crippen LogP contribution in [-0.4, -0.2) is 13.8 Å². The van der Waals surface area contributed by atoms with Gasteiger partial charge in [0.15, 0.2) is 13.2 Å². The van der Waals surface area contributed by atoms with E-state index in [0.717, 1.165) is 55.1 Å². The summed E-state index contributed by atoms with van der Waals surface area (Å²) in [5.74, 6) is 3.52. The van der Waals surface area contributed by atoms with Crippen molar-refractivity contribution < 1.29 is 4.42 Å². The van der Waals surface area contributed by atoms with Crippen LogP contribution in [0.4, 0.5) is 17.3 Å². The Morgan fingerprint density at radius 2 is 1.54 bits per heavy atom. The number of rotatable bonds is 14. The highest BCUT2D eigenvalue weighted by Crippen LogP contribution is 2.54. The lowest BCUT2D eigenvalue weighted by Gasteiger charge is -2.50. The highest BCUT2D eigenvalue weighted by molar-refractivity contribution is 6.64. The van der Waals surface area contributed by atoms with Crippen LogP contribution in [0.25, 0.3) is 0 Å². The Kier molecular flexibility index (Phi) is 14.4. The Hall–Kier alpha value is -3.92. The standard InChI is InChI=1S/C57H80BN2O/c1-14-15-16-17-18-22-30-47-48(55(8,9)35-34-54(47,6)7)32-38-59-44-27-23-28-45(40-44)60(39-24-29-46-41(2)31-33-53(4,5)42(46)3)52-50(58-43-25-20-19-21-26-43)49-51(61-52)57(12,13)37-36-56(49,10)11/h14-17,20,22-30,32,38,40-41,47-48,59H,18-19,21,31,33-37,39H2,1-13H3/b15-14-,17-16-,29-24-,30-22+,38-32+. The molecule has 3 atom stereocenters. The smallest absolute Gasteiger partial charge is 0.198 e. The summed E-state index contributed by atoms with van der Waals surface area (Å²) in [6.07, 6.45) is 40.3. The number of hydrogen-bond donors (Lipinski definition) is 1. The summed E-state index contributed by atoms with van der Waals surface area (Å²) in [4.78, 5) is 2.45. The molecular weight excluding hydrogens is 739 g/mol. The van der Waals surface area contributed by atoms with Crippen LogP contribution in [0.1, 0.15) is 159 Å². The van der Waals surface area contributed by atoms with E-state index in [1.165, 1.54) is 53.3 Å². The van der Waals surface area contributed by atoms with Gasteiger partial charge >= 0.3 is 0 Å². The van der Waals surface area contributed by atoms with E-state index in [-0.39, 0.29) is 27.1 Å². The molecule has 0 spiro atoms. The summed E-state index contributed by atoms with van der Waals surface area (Å²) in [7, 11) is 2.42. The number of hydrogen-bond acceptors (Lipinski definition) is 3. The van der Waals surface area contributed by atoms with Crippen molar-refractivity contribution in [3.8, 4) is 0 Å². The first kappa shape index (κ1) is 46.6. The van der Waals surface area contributed by atoms with E-state index in [0.29, 0.717) is 24.3 Å². The highest BCUT2D eigenvalue weighted by Gasteiger charge is 2.46. The molecular formula is C57H80BN2O. The van der Waals surface area contributed by atoms with E-state index < -0.39 is 0 Å². The molecule has 327 valence electrons. The predicted octanol–water partition coefficient (Wildman–Crippen LogP) is 15.7. The van der Waals surface area contributed by atoms with Crippen molar-refractivity contribution in [1.29, 1.82) is 0 Å². The topological polar surface area (TPSA) is 28.4 Å². The number of benzene rings is 1. The van der Waals surface area contributed by atoms with Crippen molar-refractivity contribution in [2.75, 3.05) is 16.8 Å². The molecule has 3 unspecified atom stereocenters. The van der Waals surface area contributed by atoms with Gasteiger partial charge < -0.3 is 14.6 Å². The van der Waals surface area contributed by atoms with Gasteiger partial charge in [-0.3, -0.25) is 0 Å². The second-order valence-corrected chi connectivity index (χ2v) is 22.2. The van der Waals surface area contributed by atoms with Crippen molar-refractivity contribution in [3.63, 3.8) is 0 Å². The third-order valence-electron chi connectivity index (χ3n) is 15.3. The fourth-order valence-electron chi connectivity index (χ4n) is 10.5. The van der Waals surface area contributed by atoms with Crippen molar-refractivity contribution in [2.24, 2.45) is 34.0 Å². The van der Waals surface area contributed by atoms with Crippen LogP contribution in [0.2, 0.25) is 0 Å². The summed E-state index contributed by atoms with van der Waals surface area (Å²) < 4.78 is 7.33. The van der Waals surface area contributed by atoms with E-state index in [4.69, 9.17) is 4.42 Å². The molecule has 4 aliphatic carbocycles. The van der Waals surface area contributed by atoms with Gasteiger partial charge in [-0.15, -0.1) is 0 Å². The molecule has 2 aromatic rings. The first-order valence-electron chi connectivity index (χ1n) is 23.8. The molecule has 1 saturated carbocycles. The average molecular weight is 820 g/mol. The van der Waals surface area contributed by atoms with Gasteiger partial charge in [0, 0.05) is 23.3 Å². The van der Waals surface area contributed by atoms with E-state index in [2.05, 4.69) is 211 Å². The fraction of sp³-hybridized carbons (Fsp3) is 0.544. The predicted molar refractivity (Wildman–Crippen MR) is 268 cm³/mol. The molecule has 0 saturated heterocycles. The quantitative estimate of drug-likeness (QED) is 0.117. The van der Waals surface area contributed by atoms with Crippen LogP contribution >= 0.6 is 0 Å². The number of anilines is 3. The molecule has 4 aliphatic rings. The fourth-order valence-corrected chi connectivity index (χ4v) is 10.5. The van der Waals surface area contributed by atoms with Crippen LogP contribution in [-0.2, 0) is 10.8 Å². The average Bonchev–Trinajstić information content (AvgIpc) is 3.60. The maximum atomic E-state index is 7.33. The molecule has 1 fully saturated rings. The number of nitrogens with zero attached hydrogens (tertiary/aromatic N) is 1. The van der Waals surface area contributed by atoms with Crippen LogP contribution in [0.15, 0.2) is 124 Å². The summed E-state index contributed by atoms with van der Waals surface area (Å²) >= 11 is 0. The van der Waals surface area contributed by atoms with Gasteiger partial charge in [0.25, 0.3) is 0 Å². The van der Waals surface area contributed by atoms with E-state index in [9.17, 15) is 0 Å². The summed E-state index contributed by atoms with van der Waals surface area (Å²) in [5, 5.41) is 3.77. The Labute approximate surface area is 373 Å². The normalized spacial score (nSPS) is 25.5. The van der Waals surface area contributed by atoms with Gasteiger partial charge in [0.1, 0.15) is 5.76 Å². The van der Waals surface area contributed by atoms with Crippen molar-refractivity contribution in [1.82, 2.24) is 0 Å². The molecule has 61 heavy (non-hydrogen) atoms. The van der Waals surface area contributed by atoms with Crippen molar-refractivity contribution >= 4 is 30.0 Å². The Morgan fingerprint density at radius 3 is 2.25 bits per heavy atom. The minimum atomic E-state index is -0.0547. The van der Waals surface area contributed by atoms with Gasteiger partial charge in [0.2, 0.25) is 0 Å². The molecule has 0 amide bonds. The van der Waals surface area contributed by atoms with Crippen molar-refractivity contribution in [2.45, 2.75) is 159 Å². The molecule has 6 rings (SSSR count). The Balaban J connectivity index is 1.39. The summed E-state index contributed by atoms with van der Waals surface area (Å²) in [6, 6.07) is 8.99. The molecule has 1 aromatic heterocycles. The van der Waals surface area contributed by atoms with Crippen molar-refractivity contribution in [3.05, 3.63) is 131 Å². The van der Waals surface area contributed by atoms with Gasteiger partial charge in [-0.25, -0.2) is 0 Å². The summed E-state index contributed by atoms with van der Waals surface area (Å²) in [6.45, 7) is 31.8. The van der Waals surface area contributed by atoms with Gasteiger partial charge in [-0.2, -0.15) is 0 Å². The third-order valence-corrected chi connectivity index (χ3v) is 15.3. The molecule has 1 N–H and O–H groups in total. The lowest BCUT2D eigenvalue weighted by molar-refractivity contribution is 0.0343. The number of fused-ring (bicyclic) bond motifs is 1. The lowest BCUT2D eigenvalue weighted by atomic mass is 9.54. The number of nitrogens with one attached hydrogen (secondary N) is 1. The maximum absolute atomic E-state index is 7.33. The van der Waals surface area contributed by atoms with Crippen LogP contribution in [0, 0.1) is 34.0 Å². The van der Waals surface area contributed by atoms with E-state index in [1.807, 2.05) is 0 Å². The van der Waals surface area contributed by atoms with Crippen LogP contribution in [0.5, 0.6) is 0 Å².